The van der Waals surface area contributed by atoms with E-state index in [-0.39, 0.29) is 0 Å². The number of halogens is 12. The molecular weight excluding hydrogens is 422 g/mol. The van der Waals surface area contributed by atoms with E-state index in [1.54, 1.807) is 31.9 Å². The molecule has 108 valence electrons. The summed E-state index contributed by atoms with van der Waals surface area (Å²) in [6.45, 7) is 0. The second-order valence-corrected chi connectivity index (χ2v) is 3.63. The number of hydrogen-bond donors (Lipinski definition) is 0. The first-order valence-corrected chi connectivity index (χ1v) is 4.85. The Morgan fingerprint density at radius 1 is 0.667 bits per heavy atom. The van der Waals surface area contributed by atoms with Crippen LogP contribution in [0.25, 0.3) is 0 Å². The van der Waals surface area contributed by atoms with Crippen molar-refractivity contribution in [1.29, 1.82) is 0 Å². The fourth-order valence-corrected chi connectivity index (χ4v) is 0.439. The molecule has 0 aliphatic rings. The molecule has 0 aliphatic heterocycles. The van der Waals surface area contributed by atoms with Crippen LogP contribution in [0.5, 0.6) is 0 Å². The fraction of sp³-hybridized carbons (Fsp3) is 0.333. The second kappa shape index (κ2) is 7.36. The van der Waals surface area contributed by atoms with E-state index in [2.05, 4.69) is 0 Å². The molecule has 0 atom stereocenters. The van der Waals surface area contributed by atoms with Crippen molar-refractivity contribution in [2.24, 2.45) is 0 Å². The molecule has 0 aromatic carbocycles. The summed E-state index contributed by atoms with van der Waals surface area (Å²) in [5, 5.41) is 0. The molecule has 0 radical (unpaired) electrons. The number of hydrogen-bond acceptors (Lipinski definition) is 0. The van der Waals surface area contributed by atoms with E-state index in [1.807, 2.05) is 0 Å². The quantitative estimate of drug-likeness (QED) is 0.414. The summed E-state index contributed by atoms with van der Waals surface area (Å²) in [6, 6.07) is 0. The Bertz CT molecular complexity index is 293. The predicted molar refractivity (Wildman–Crippen MR) is 48.4 cm³/mol. The summed E-state index contributed by atoms with van der Waals surface area (Å²) in [5.41, 5.74) is 0. The molecule has 0 bridgehead atoms. The van der Waals surface area contributed by atoms with Crippen LogP contribution in [-0.2, 0) is 0 Å². The Morgan fingerprint density at radius 2 is 1.00 bits per heavy atom. The zero-order valence-electron chi connectivity index (χ0n) is 7.54. The van der Waals surface area contributed by atoms with Gasteiger partial charge in [0.05, 0.1) is 0 Å². The lowest BCUT2D eigenvalue weighted by atomic mass is 10.6. The van der Waals surface area contributed by atoms with Gasteiger partial charge in [-0.25, -0.2) is 0 Å². The van der Waals surface area contributed by atoms with Gasteiger partial charge >= 0.3 is 12.4 Å². The highest BCUT2D eigenvalue weighted by Crippen LogP contribution is 2.33. The van der Waals surface area contributed by atoms with Crippen molar-refractivity contribution >= 4 is 31.9 Å². The van der Waals surface area contributed by atoms with Crippen molar-refractivity contribution in [3.63, 3.8) is 0 Å². The second-order valence-electron chi connectivity index (χ2n) is 2.14. The molecule has 0 N–H and O–H groups in total. The highest BCUT2D eigenvalue weighted by Gasteiger charge is 2.37. The summed E-state index contributed by atoms with van der Waals surface area (Å²) < 4.78 is 107. The summed E-state index contributed by atoms with van der Waals surface area (Å²) in [6.07, 6.45) is -13.0. The normalized spacial score (nSPS) is 13.3. The minimum absolute atomic E-state index is 1.67. The fourth-order valence-electron chi connectivity index (χ4n) is 0.214. The molecule has 0 heterocycles. The average molecular weight is 422 g/mol. The van der Waals surface area contributed by atoms with E-state index in [4.69, 9.17) is 0 Å². The summed E-state index contributed by atoms with van der Waals surface area (Å²) in [4.78, 5) is 0. The van der Waals surface area contributed by atoms with Crippen molar-refractivity contribution in [1.82, 2.24) is 0 Å². The summed E-state index contributed by atoms with van der Waals surface area (Å²) in [5.74, 6) is -2.75. The van der Waals surface area contributed by atoms with Crippen LogP contribution in [0.2, 0.25) is 0 Å². The molecular formula is C6Br2F10. The van der Waals surface area contributed by atoms with Crippen molar-refractivity contribution in [3.8, 4) is 0 Å². The van der Waals surface area contributed by atoms with Gasteiger partial charge in [0, 0.05) is 0 Å². The predicted octanol–water partition coefficient (Wildman–Crippen LogP) is 6.10. The van der Waals surface area contributed by atoms with Gasteiger partial charge in [-0.3, -0.25) is 0 Å². The standard InChI is InChI=1S/2C3BrF5/c4-2(6)1(5)3(7,8)9;4-1(2(5)6)3(7,8)9. The first-order chi connectivity index (χ1) is 7.71. The molecule has 0 nitrogen and oxygen atoms in total. The van der Waals surface area contributed by atoms with Crippen LogP contribution in [0.3, 0.4) is 0 Å². The minimum atomic E-state index is -5.23. The van der Waals surface area contributed by atoms with Crippen LogP contribution in [0, 0.1) is 0 Å². The highest BCUT2D eigenvalue weighted by atomic mass is 79.9. The Hall–Kier alpha value is -0.260. The zero-order valence-corrected chi connectivity index (χ0v) is 10.7. The maximum Gasteiger partial charge on any atom is 0.446 e. The van der Waals surface area contributed by atoms with Crippen molar-refractivity contribution in [2.75, 3.05) is 0 Å². The van der Waals surface area contributed by atoms with Gasteiger partial charge < -0.3 is 0 Å². The third kappa shape index (κ3) is 8.78. The molecule has 0 fully saturated rings. The van der Waals surface area contributed by atoms with Crippen molar-refractivity contribution in [3.05, 3.63) is 21.1 Å². The van der Waals surface area contributed by atoms with Crippen LogP contribution >= 0.6 is 31.9 Å². The molecule has 0 spiro atoms. The lowest BCUT2D eigenvalue weighted by Crippen LogP contribution is -2.07. The van der Waals surface area contributed by atoms with Gasteiger partial charge in [-0.2, -0.15) is 43.9 Å². The molecule has 12 heteroatoms. The van der Waals surface area contributed by atoms with E-state index in [1.165, 1.54) is 0 Å². The Kier molecular flexibility index (Phi) is 8.20. The molecule has 18 heavy (non-hydrogen) atoms. The Morgan fingerprint density at radius 3 is 1.00 bits per heavy atom. The SMILES string of the molecule is FC(Br)=C(F)C(F)(F)F.FC(F)=C(Br)C(F)(F)F. The van der Waals surface area contributed by atoms with Crippen molar-refractivity contribution in [2.45, 2.75) is 12.4 Å². The molecule has 0 saturated carbocycles. The smallest absolute Gasteiger partial charge is 0.198 e. The van der Waals surface area contributed by atoms with Gasteiger partial charge in [-0.1, -0.05) is 0 Å². The van der Waals surface area contributed by atoms with E-state index in [0.29, 0.717) is 0 Å². The summed E-state index contributed by atoms with van der Waals surface area (Å²) in [7, 11) is 0. The zero-order chi connectivity index (χ0) is 15.3. The molecule has 0 rings (SSSR count). The van der Waals surface area contributed by atoms with Gasteiger partial charge in [0.15, 0.2) is 4.48 Å². The summed E-state index contributed by atoms with van der Waals surface area (Å²) >= 11 is 3.36. The first-order valence-electron chi connectivity index (χ1n) is 3.27. The Balaban J connectivity index is 0. The van der Waals surface area contributed by atoms with E-state index >= 15 is 0 Å². The van der Waals surface area contributed by atoms with E-state index in [0.717, 1.165) is 0 Å². The maximum atomic E-state index is 11.4. The number of alkyl halides is 6. The third-order valence-electron chi connectivity index (χ3n) is 0.830. The topological polar surface area (TPSA) is 0 Å². The lowest BCUT2D eigenvalue weighted by Gasteiger charge is -2.00. The van der Waals surface area contributed by atoms with Crippen LogP contribution in [-0.4, -0.2) is 12.4 Å². The van der Waals surface area contributed by atoms with Gasteiger partial charge in [0.25, 0.3) is 6.08 Å². The van der Waals surface area contributed by atoms with Crippen molar-refractivity contribution < 1.29 is 43.9 Å². The van der Waals surface area contributed by atoms with Gasteiger partial charge in [0.2, 0.25) is 10.6 Å². The monoisotopic (exact) mass is 420 g/mol. The number of rotatable bonds is 0. The molecule has 0 aromatic heterocycles. The van der Waals surface area contributed by atoms with Crippen LogP contribution in [0.4, 0.5) is 43.9 Å². The lowest BCUT2D eigenvalue weighted by molar-refractivity contribution is -0.110. The third-order valence-corrected chi connectivity index (χ3v) is 1.93. The van der Waals surface area contributed by atoms with E-state index in [9.17, 15) is 43.9 Å². The van der Waals surface area contributed by atoms with Crippen LogP contribution in [0.1, 0.15) is 0 Å². The first kappa shape index (κ1) is 20.1. The van der Waals surface area contributed by atoms with Gasteiger partial charge in [-0.15, -0.1) is 0 Å². The molecule has 0 amide bonds. The van der Waals surface area contributed by atoms with Gasteiger partial charge in [-0.05, 0) is 31.9 Å². The Labute approximate surface area is 110 Å². The number of allylic oxidation sites excluding steroid dienone is 2. The van der Waals surface area contributed by atoms with Gasteiger partial charge in [0.1, 0.15) is 0 Å². The maximum absolute atomic E-state index is 11.4. The molecule has 0 unspecified atom stereocenters. The minimum Gasteiger partial charge on any atom is -0.198 e. The highest BCUT2D eigenvalue weighted by molar-refractivity contribution is 9.12. The molecule has 0 aliphatic carbocycles. The largest absolute Gasteiger partial charge is 0.446 e. The average Bonchev–Trinajstić information content (AvgIpc) is 2.13. The van der Waals surface area contributed by atoms with Crippen LogP contribution in [0.15, 0.2) is 21.1 Å². The van der Waals surface area contributed by atoms with E-state index < -0.39 is 33.5 Å². The van der Waals surface area contributed by atoms with Crippen LogP contribution < -0.4 is 0 Å². The molecule has 0 aromatic rings. The molecule has 0 saturated heterocycles.